The van der Waals surface area contributed by atoms with Crippen LogP contribution in [0.3, 0.4) is 0 Å². The Labute approximate surface area is 222 Å². The maximum Gasteiger partial charge on any atom is 0.326 e. The molecule has 1 aliphatic heterocycles. The number of aliphatic carboxylic acids is 1. The Hall–Kier alpha value is -3.37. The Morgan fingerprint density at radius 2 is 2.11 bits per heavy atom. The molecule has 2 atom stereocenters. The van der Waals surface area contributed by atoms with Crippen LogP contribution < -0.4 is 10.6 Å². The molecule has 4 rings (SSSR count). The fraction of sp³-hybridized carbons (Fsp3) is 0.500. The molecule has 3 aromatic rings. The number of hydrogen-bond donors (Lipinski definition) is 3. The molecule has 3 N–H and O–H groups in total. The molecular formula is C28H37FN6O3. The summed E-state index contributed by atoms with van der Waals surface area (Å²) in [5.74, 6) is 0.0361. The van der Waals surface area contributed by atoms with Gasteiger partial charge in [0.15, 0.2) is 0 Å². The quantitative estimate of drug-likeness (QED) is 0.268. The van der Waals surface area contributed by atoms with Gasteiger partial charge < -0.3 is 25.4 Å². The summed E-state index contributed by atoms with van der Waals surface area (Å²) in [7, 11) is 1.68. The van der Waals surface area contributed by atoms with E-state index in [0.717, 1.165) is 56.7 Å². The minimum Gasteiger partial charge on any atom is -0.480 e. The van der Waals surface area contributed by atoms with Crippen LogP contribution in [-0.4, -0.2) is 76.4 Å². The highest BCUT2D eigenvalue weighted by Gasteiger charge is 2.21. The number of hydrogen-bond acceptors (Lipinski definition) is 8. The third-order valence-corrected chi connectivity index (χ3v) is 6.97. The van der Waals surface area contributed by atoms with Gasteiger partial charge in [-0.15, -0.1) is 0 Å². The molecule has 0 amide bonds. The first-order valence-corrected chi connectivity index (χ1v) is 13.3. The summed E-state index contributed by atoms with van der Waals surface area (Å²) in [6.07, 6.45) is 6.81. The van der Waals surface area contributed by atoms with Crippen LogP contribution in [0.5, 0.6) is 0 Å². The maximum atomic E-state index is 13.6. The highest BCUT2D eigenvalue weighted by atomic mass is 19.1. The number of benzene rings is 1. The number of nitrogens with one attached hydrogen (secondary N) is 2. The van der Waals surface area contributed by atoms with E-state index in [1.54, 1.807) is 13.2 Å². The lowest BCUT2D eigenvalue weighted by Gasteiger charge is -2.27. The van der Waals surface area contributed by atoms with Crippen molar-refractivity contribution in [3.05, 3.63) is 53.7 Å². The number of aryl methyl sites for hydroxylation is 2. The number of fused-ring (bicyclic) bond motifs is 2. The van der Waals surface area contributed by atoms with E-state index in [1.165, 1.54) is 24.0 Å². The molecule has 3 heterocycles. The van der Waals surface area contributed by atoms with Gasteiger partial charge in [0.05, 0.1) is 11.6 Å². The van der Waals surface area contributed by atoms with Gasteiger partial charge in [0.2, 0.25) is 0 Å². The number of halogens is 1. The second-order valence-electron chi connectivity index (χ2n) is 9.85. The number of nitrogens with zero attached hydrogens (tertiary/aromatic N) is 4. The van der Waals surface area contributed by atoms with E-state index in [4.69, 9.17) is 9.72 Å². The molecule has 0 aliphatic carbocycles. The molecule has 10 heteroatoms. The third-order valence-electron chi connectivity index (χ3n) is 6.97. The Kier molecular flexibility index (Phi) is 9.78. The van der Waals surface area contributed by atoms with Crippen molar-refractivity contribution in [2.45, 2.75) is 57.6 Å². The molecule has 0 bridgehead atoms. The third kappa shape index (κ3) is 7.58. The summed E-state index contributed by atoms with van der Waals surface area (Å²) in [5.41, 5.74) is 2.82. The van der Waals surface area contributed by atoms with Crippen molar-refractivity contribution in [1.29, 1.82) is 0 Å². The summed E-state index contributed by atoms with van der Waals surface area (Å²) < 4.78 is 19.1. The number of pyridine rings is 1. The lowest BCUT2D eigenvalue weighted by molar-refractivity contribution is -0.138. The monoisotopic (exact) mass is 524 g/mol. The molecule has 0 radical (unpaired) electrons. The fourth-order valence-electron chi connectivity index (χ4n) is 4.76. The van der Waals surface area contributed by atoms with Gasteiger partial charge in [0.1, 0.15) is 29.8 Å². The number of carboxylic acids is 1. The maximum absolute atomic E-state index is 13.6. The molecular weight excluding hydrogens is 487 g/mol. The first-order valence-electron chi connectivity index (χ1n) is 13.3. The second-order valence-corrected chi connectivity index (χ2v) is 9.85. The van der Waals surface area contributed by atoms with Crippen LogP contribution in [0.25, 0.3) is 10.9 Å². The van der Waals surface area contributed by atoms with Gasteiger partial charge in [0, 0.05) is 43.9 Å². The van der Waals surface area contributed by atoms with Gasteiger partial charge in [-0.25, -0.2) is 24.1 Å². The van der Waals surface area contributed by atoms with Crippen molar-refractivity contribution >= 4 is 28.5 Å². The lowest BCUT2D eigenvalue weighted by atomic mass is 10.1. The highest BCUT2D eigenvalue weighted by molar-refractivity contribution is 5.90. The topological polar surface area (TPSA) is 113 Å². The normalized spacial score (nSPS) is 14.6. The van der Waals surface area contributed by atoms with E-state index < -0.39 is 17.8 Å². The minimum atomic E-state index is -0.967. The highest BCUT2D eigenvalue weighted by Crippen LogP contribution is 2.22. The molecule has 1 unspecified atom stereocenters. The predicted molar refractivity (Wildman–Crippen MR) is 146 cm³/mol. The van der Waals surface area contributed by atoms with Gasteiger partial charge in [-0.2, -0.15) is 0 Å². The average Bonchev–Trinajstić information content (AvgIpc) is 2.92. The fourth-order valence-corrected chi connectivity index (χ4v) is 4.76. The van der Waals surface area contributed by atoms with Gasteiger partial charge in [-0.3, -0.25) is 0 Å². The molecule has 9 nitrogen and oxygen atoms in total. The van der Waals surface area contributed by atoms with E-state index >= 15 is 0 Å². The predicted octanol–water partition coefficient (Wildman–Crippen LogP) is 4.14. The summed E-state index contributed by atoms with van der Waals surface area (Å²) in [5, 5.41) is 16.9. The number of methoxy groups -OCH3 is 1. The van der Waals surface area contributed by atoms with Crippen LogP contribution in [-0.2, 0) is 22.4 Å². The van der Waals surface area contributed by atoms with Crippen LogP contribution in [0.4, 0.5) is 16.0 Å². The summed E-state index contributed by atoms with van der Waals surface area (Å²) in [6, 6.07) is 7.65. The Morgan fingerprint density at radius 1 is 1.24 bits per heavy atom. The first-order chi connectivity index (χ1) is 18.4. The number of rotatable bonds is 14. The van der Waals surface area contributed by atoms with Crippen molar-refractivity contribution in [1.82, 2.24) is 19.9 Å². The van der Waals surface area contributed by atoms with Crippen molar-refractivity contribution < 1.29 is 19.0 Å². The van der Waals surface area contributed by atoms with Crippen molar-refractivity contribution in [2.75, 3.05) is 43.9 Å². The lowest BCUT2D eigenvalue weighted by Crippen LogP contribution is -2.38. The van der Waals surface area contributed by atoms with Crippen molar-refractivity contribution in [2.24, 2.45) is 0 Å². The summed E-state index contributed by atoms with van der Waals surface area (Å²) in [6.45, 7) is 5.11. The van der Waals surface area contributed by atoms with E-state index in [1.807, 2.05) is 6.92 Å². The molecule has 0 saturated heterocycles. The average molecular weight is 525 g/mol. The van der Waals surface area contributed by atoms with Gasteiger partial charge in [0.25, 0.3) is 0 Å². The smallest absolute Gasteiger partial charge is 0.326 e. The van der Waals surface area contributed by atoms with Crippen LogP contribution in [0.1, 0.15) is 43.9 Å². The number of carbonyl (C=O) groups is 1. The van der Waals surface area contributed by atoms with Gasteiger partial charge in [-0.1, -0.05) is 6.07 Å². The molecule has 0 saturated carbocycles. The molecule has 0 spiro atoms. The molecule has 38 heavy (non-hydrogen) atoms. The Bertz CT molecular complexity index is 1230. The van der Waals surface area contributed by atoms with Crippen LogP contribution in [0, 0.1) is 5.82 Å². The standard InChI is InChI=1S/C28H37FN6O3/c1-19(38-2)17-35(14-4-3-7-22-10-8-20-6-5-13-30-26(20)33-22)15-12-24(28(36)37)34-27-23-11-9-21(29)16-25(23)31-18-32-27/h8-11,16,18-19,24H,3-7,12-15,17H2,1-2H3,(H,30,33)(H,36,37)(H,31,32,34)/t19-,24?/m1/s1. The van der Waals surface area contributed by atoms with Crippen molar-refractivity contribution in [3.63, 3.8) is 0 Å². The van der Waals surface area contributed by atoms with Crippen LogP contribution >= 0.6 is 0 Å². The molecule has 1 aromatic carbocycles. The zero-order valence-electron chi connectivity index (χ0n) is 22.1. The zero-order valence-corrected chi connectivity index (χ0v) is 22.1. The second kappa shape index (κ2) is 13.4. The van der Waals surface area contributed by atoms with Crippen LogP contribution in [0.2, 0.25) is 0 Å². The number of unbranched alkanes of at least 4 members (excludes halogenated alkanes) is 1. The number of ether oxygens (including phenoxy) is 1. The molecule has 1 aliphatic rings. The summed E-state index contributed by atoms with van der Waals surface area (Å²) >= 11 is 0. The van der Waals surface area contributed by atoms with E-state index in [9.17, 15) is 14.3 Å². The number of aromatic nitrogens is 3. The molecule has 0 fully saturated rings. The molecule has 204 valence electrons. The minimum absolute atomic E-state index is 0.0281. The van der Waals surface area contributed by atoms with Crippen molar-refractivity contribution in [3.8, 4) is 0 Å². The Balaban J connectivity index is 1.33. The molecule has 2 aromatic heterocycles. The van der Waals surface area contributed by atoms with Gasteiger partial charge >= 0.3 is 5.97 Å². The number of anilines is 2. The summed E-state index contributed by atoms with van der Waals surface area (Å²) in [4.78, 5) is 27.4. The Morgan fingerprint density at radius 3 is 2.92 bits per heavy atom. The van der Waals surface area contributed by atoms with E-state index in [2.05, 4.69) is 37.6 Å². The largest absolute Gasteiger partial charge is 0.480 e. The van der Waals surface area contributed by atoms with E-state index in [0.29, 0.717) is 36.2 Å². The zero-order chi connectivity index (χ0) is 26.9. The SMILES string of the molecule is CO[C@H](C)CN(CCCCc1ccc2c(n1)NCCC2)CCC(Nc1ncnc2cc(F)ccc12)C(=O)O. The van der Waals surface area contributed by atoms with Crippen LogP contribution in [0.15, 0.2) is 36.7 Å². The first kappa shape index (κ1) is 27.7. The van der Waals surface area contributed by atoms with Gasteiger partial charge in [-0.05, 0) is 75.8 Å². The van der Waals surface area contributed by atoms with E-state index in [-0.39, 0.29) is 6.10 Å². The number of carboxylic acid groups (broad SMARTS) is 1.